The highest BCUT2D eigenvalue weighted by Crippen LogP contribution is 2.29. The van der Waals surface area contributed by atoms with Crippen molar-refractivity contribution < 1.29 is 14.0 Å². The summed E-state index contributed by atoms with van der Waals surface area (Å²) in [7, 11) is 0. The van der Waals surface area contributed by atoms with Crippen LogP contribution in [0.4, 0.5) is 0 Å². The molecule has 1 aliphatic heterocycles. The third-order valence-electron chi connectivity index (χ3n) is 3.42. The number of fused-ring (bicyclic) bond motifs is 1. The van der Waals surface area contributed by atoms with Gasteiger partial charge in [0.2, 0.25) is 0 Å². The Labute approximate surface area is 148 Å². The minimum absolute atomic E-state index is 0.218. The van der Waals surface area contributed by atoms with Gasteiger partial charge in [-0.3, -0.25) is 14.6 Å². The van der Waals surface area contributed by atoms with Crippen LogP contribution < -0.4 is 10.6 Å². The third-order valence-corrected chi connectivity index (χ3v) is 4.58. The molecule has 0 unspecified atom stereocenters. The Morgan fingerprint density at radius 1 is 1.50 bits per heavy atom. The van der Waals surface area contributed by atoms with Gasteiger partial charge in [-0.25, -0.2) is 0 Å². The fourth-order valence-corrected chi connectivity index (χ4v) is 3.26. The van der Waals surface area contributed by atoms with Gasteiger partial charge in [-0.05, 0) is 12.5 Å². The van der Waals surface area contributed by atoms with Gasteiger partial charge in [0.25, 0.3) is 11.8 Å². The van der Waals surface area contributed by atoms with E-state index in [0.29, 0.717) is 38.1 Å². The standard InChI is InChI=1S/C16H15N3O3S2/c1-2-3-4-18-14(20)11-8-17-7-9-5-10(22-13(9)11)6-12-15(21)19-16(23)24-12/h5-8H,2-4H2,1H3,(H,18,20)(H,19,21,23). The van der Waals surface area contributed by atoms with Gasteiger partial charge in [-0.15, -0.1) is 0 Å². The predicted molar refractivity (Wildman–Crippen MR) is 97.6 cm³/mol. The maximum Gasteiger partial charge on any atom is 0.263 e. The van der Waals surface area contributed by atoms with Crippen LogP contribution in [-0.2, 0) is 4.79 Å². The van der Waals surface area contributed by atoms with E-state index in [-0.39, 0.29) is 11.8 Å². The van der Waals surface area contributed by atoms with Crippen LogP contribution in [0.5, 0.6) is 0 Å². The summed E-state index contributed by atoms with van der Waals surface area (Å²) in [5, 5.41) is 6.10. The molecule has 0 spiro atoms. The number of carbonyl (C=O) groups is 2. The minimum Gasteiger partial charge on any atom is -0.456 e. The zero-order valence-electron chi connectivity index (χ0n) is 12.9. The van der Waals surface area contributed by atoms with Crippen molar-refractivity contribution in [3.63, 3.8) is 0 Å². The molecular weight excluding hydrogens is 346 g/mol. The molecule has 3 heterocycles. The van der Waals surface area contributed by atoms with Gasteiger partial charge in [0, 0.05) is 30.4 Å². The third kappa shape index (κ3) is 3.49. The molecule has 3 rings (SSSR count). The summed E-state index contributed by atoms with van der Waals surface area (Å²) in [6.07, 6.45) is 6.63. The zero-order valence-corrected chi connectivity index (χ0v) is 14.6. The molecule has 2 aromatic heterocycles. The second-order valence-corrected chi connectivity index (χ2v) is 6.93. The minimum atomic E-state index is -0.249. The van der Waals surface area contributed by atoms with Gasteiger partial charge >= 0.3 is 0 Å². The summed E-state index contributed by atoms with van der Waals surface area (Å²) in [4.78, 5) is 28.5. The predicted octanol–water partition coefficient (Wildman–Crippen LogP) is 2.85. The fourth-order valence-electron chi connectivity index (χ4n) is 2.24. The molecule has 2 N–H and O–H groups in total. The normalized spacial score (nSPS) is 16.0. The summed E-state index contributed by atoms with van der Waals surface area (Å²) < 4.78 is 6.17. The van der Waals surface area contributed by atoms with Crippen molar-refractivity contribution in [2.75, 3.05) is 6.54 Å². The first kappa shape index (κ1) is 16.7. The molecule has 124 valence electrons. The van der Waals surface area contributed by atoms with Crippen LogP contribution in [-0.4, -0.2) is 27.7 Å². The van der Waals surface area contributed by atoms with Gasteiger partial charge in [-0.2, -0.15) is 0 Å². The summed E-state index contributed by atoms with van der Waals surface area (Å²) in [6, 6.07) is 1.74. The number of amides is 2. The quantitative estimate of drug-likeness (QED) is 0.484. The number of furan rings is 1. The van der Waals surface area contributed by atoms with E-state index in [4.69, 9.17) is 16.6 Å². The molecule has 0 atom stereocenters. The van der Waals surface area contributed by atoms with E-state index in [0.717, 1.165) is 12.8 Å². The number of carbonyl (C=O) groups excluding carboxylic acids is 2. The molecule has 1 saturated heterocycles. The van der Waals surface area contributed by atoms with E-state index in [2.05, 4.69) is 22.5 Å². The molecular formula is C16H15N3O3S2. The first-order chi connectivity index (χ1) is 11.6. The monoisotopic (exact) mass is 361 g/mol. The van der Waals surface area contributed by atoms with Crippen molar-refractivity contribution in [1.29, 1.82) is 0 Å². The molecule has 6 nitrogen and oxygen atoms in total. The summed E-state index contributed by atoms with van der Waals surface area (Å²) in [6.45, 7) is 2.67. The number of aromatic nitrogens is 1. The van der Waals surface area contributed by atoms with Crippen LogP contribution in [0.3, 0.4) is 0 Å². The molecule has 0 aliphatic carbocycles. The van der Waals surface area contributed by atoms with Gasteiger partial charge < -0.3 is 15.1 Å². The van der Waals surface area contributed by atoms with Crippen molar-refractivity contribution in [2.24, 2.45) is 0 Å². The van der Waals surface area contributed by atoms with Crippen LogP contribution in [0.1, 0.15) is 35.9 Å². The highest BCUT2D eigenvalue weighted by atomic mass is 32.2. The summed E-state index contributed by atoms with van der Waals surface area (Å²) in [5.74, 6) is 0.00772. The number of unbranched alkanes of at least 4 members (excludes halogenated alkanes) is 1. The largest absolute Gasteiger partial charge is 0.456 e. The molecule has 2 aromatic rings. The van der Waals surface area contributed by atoms with Crippen molar-refractivity contribution in [1.82, 2.24) is 15.6 Å². The lowest BCUT2D eigenvalue weighted by Crippen LogP contribution is -2.24. The van der Waals surface area contributed by atoms with Crippen molar-refractivity contribution in [3.05, 3.63) is 34.7 Å². The Kier molecular flexibility index (Phi) is 4.96. The lowest BCUT2D eigenvalue weighted by molar-refractivity contribution is -0.115. The molecule has 0 bridgehead atoms. The number of rotatable bonds is 5. The average molecular weight is 361 g/mol. The molecule has 2 amide bonds. The Morgan fingerprint density at radius 3 is 3.04 bits per heavy atom. The van der Waals surface area contributed by atoms with Crippen LogP contribution in [0.15, 0.2) is 27.8 Å². The maximum atomic E-state index is 12.3. The fraction of sp³-hybridized carbons (Fsp3) is 0.250. The molecule has 8 heteroatoms. The second-order valence-electron chi connectivity index (χ2n) is 5.22. The molecule has 0 aromatic carbocycles. The second kappa shape index (κ2) is 7.14. The van der Waals surface area contributed by atoms with Gasteiger partial charge in [0.05, 0.1) is 4.91 Å². The van der Waals surface area contributed by atoms with Gasteiger partial charge in [0.15, 0.2) is 5.58 Å². The number of hydrogen-bond donors (Lipinski definition) is 2. The van der Waals surface area contributed by atoms with Crippen LogP contribution in [0, 0.1) is 0 Å². The first-order valence-corrected chi connectivity index (χ1v) is 8.71. The number of thiocarbonyl (C=S) groups is 1. The van der Waals surface area contributed by atoms with E-state index in [1.165, 1.54) is 18.0 Å². The number of nitrogens with zero attached hydrogens (tertiary/aromatic N) is 1. The Hall–Kier alpha value is -2.19. The first-order valence-electron chi connectivity index (χ1n) is 7.49. The average Bonchev–Trinajstić information content (AvgIpc) is 3.09. The number of nitrogens with one attached hydrogen (secondary N) is 2. The van der Waals surface area contributed by atoms with E-state index in [1.54, 1.807) is 18.3 Å². The SMILES string of the molecule is CCCCNC(=O)c1cncc2cc(C=C3SC(=S)NC3=O)oc12. The van der Waals surface area contributed by atoms with E-state index < -0.39 is 0 Å². The van der Waals surface area contributed by atoms with E-state index in [1.807, 2.05) is 0 Å². The van der Waals surface area contributed by atoms with Crippen LogP contribution >= 0.6 is 24.0 Å². The van der Waals surface area contributed by atoms with Crippen molar-refractivity contribution >= 4 is 57.2 Å². The van der Waals surface area contributed by atoms with Crippen LogP contribution in [0.25, 0.3) is 17.0 Å². The maximum absolute atomic E-state index is 12.3. The lowest BCUT2D eigenvalue weighted by atomic mass is 10.2. The topological polar surface area (TPSA) is 84.2 Å². The Balaban J connectivity index is 1.90. The molecule has 0 radical (unpaired) electrons. The van der Waals surface area contributed by atoms with Gasteiger partial charge in [-0.1, -0.05) is 37.3 Å². The van der Waals surface area contributed by atoms with Crippen LogP contribution in [0.2, 0.25) is 0 Å². The van der Waals surface area contributed by atoms with Crippen molar-refractivity contribution in [3.8, 4) is 0 Å². The molecule has 1 aliphatic rings. The van der Waals surface area contributed by atoms with E-state index in [9.17, 15) is 9.59 Å². The van der Waals surface area contributed by atoms with E-state index >= 15 is 0 Å². The zero-order chi connectivity index (χ0) is 17.1. The lowest BCUT2D eigenvalue weighted by Gasteiger charge is -2.04. The van der Waals surface area contributed by atoms with Gasteiger partial charge in [0.1, 0.15) is 15.6 Å². The van der Waals surface area contributed by atoms with Crippen molar-refractivity contribution in [2.45, 2.75) is 19.8 Å². The number of pyridine rings is 1. The summed E-state index contributed by atoms with van der Waals surface area (Å²) >= 11 is 6.14. The Morgan fingerprint density at radius 2 is 2.33 bits per heavy atom. The summed E-state index contributed by atoms with van der Waals surface area (Å²) in [5.41, 5.74) is 0.837. The number of thioether (sulfide) groups is 1. The molecule has 1 fully saturated rings. The highest BCUT2D eigenvalue weighted by molar-refractivity contribution is 8.26. The Bertz CT molecular complexity index is 857. The molecule has 24 heavy (non-hydrogen) atoms. The smallest absolute Gasteiger partial charge is 0.263 e. The molecule has 0 saturated carbocycles. The highest BCUT2D eigenvalue weighted by Gasteiger charge is 2.23. The number of hydrogen-bond acceptors (Lipinski definition) is 6.